The second-order valence-electron chi connectivity index (χ2n) is 10.5. The average Bonchev–Trinajstić information content (AvgIpc) is 3.39. The van der Waals surface area contributed by atoms with E-state index in [4.69, 9.17) is 9.47 Å². The van der Waals surface area contributed by atoms with Crippen LogP contribution in [0.25, 0.3) is 0 Å². The van der Waals surface area contributed by atoms with Crippen LogP contribution in [0.15, 0.2) is 53.7 Å². The Bertz CT molecular complexity index is 1310. The van der Waals surface area contributed by atoms with E-state index in [0.29, 0.717) is 43.5 Å². The Morgan fingerprint density at radius 2 is 1.97 bits per heavy atom. The minimum absolute atomic E-state index is 0. The summed E-state index contributed by atoms with van der Waals surface area (Å²) < 4.78 is 53.4. The number of fused-ring (bicyclic) bond motifs is 1. The van der Waals surface area contributed by atoms with Crippen molar-refractivity contribution in [3.05, 3.63) is 65.7 Å². The average molecular weight is 580 g/mol. The molecule has 13 heteroatoms. The number of aromatic nitrogens is 2. The third kappa shape index (κ3) is 6.28. The van der Waals surface area contributed by atoms with Crippen LogP contribution in [0.5, 0.6) is 5.75 Å². The standard InChI is InChI=1S/C26H32FN5O5S2.H2/c1-26(2,3)37-25(33)31-11-12-32(22(15-31)17-4-6-18(27)7-5-17)21-10-13-36-23-14-19(8-9-20(21)23)39(34,35)30-24-28-16-29-38-24;/h4-9,14,16,21-22,34-35H,10-13,15H2,1-3H3,(H,28,29,30);1H/t21-,22-;/m0./s1. The topological polar surface area (TPSA) is 120 Å². The highest BCUT2D eigenvalue weighted by Crippen LogP contribution is 2.51. The first-order chi connectivity index (χ1) is 18.5. The lowest BCUT2D eigenvalue weighted by Gasteiger charge is -2.47. The monoisotopic (exact) mass is 579 g/mol. The Morgan fingerprint density at radius 1 is 1.21 bits per heavy atom. The number of carbonyl (C=O) groups is 1. The quantitative estimate of drug-likeness (QED) is 0.326. The van der Waals surface area contributed by atoms with Crippen LogP contribution in [0.2, 0.25) is 0 Å². The van der Waals surface area contributed by atoms with E-state index < -0.39 is 16.4 Å². The van der Waals surface area contributed by atoms with Gasteiger partial charge in [0.2, 0.25) is 5.13 Å². The van der Waals surface area contributed by atoms with Gasteiger partial charge in [-0.05, 0) is 44.5 Å². The van der Waals surface area contributed by atoms with Crippen molar-refractivity contribution < 1.29 is 29.2 Å². The molecule has 0 aliphatic carbocycles. The fourth-order valence-corrected chi connectivity index (χ4v) is 6.64. The van der Waals surface area contributed by atoms with Gasteiger partial charge >= 0.3 is 6.09 Å². The number of hydrogen-bond donors (Lipinski definition) is 3. The number of nitrogens with one attached hydrogen (secondary N) is 1. The number of anilines is 1. The SMILES string of the molecule is CC(C)(C)OC(=O)N1CCN([C@H]2CCOc3cc(S(O)(O)Nc4ncns4)ccc32)[C@H](c2ccc(F)cc2)C1.[HH]. The molecule has 0 saturated carbocycles. The summed E-state index contributed by atoms with van der Waals surface area (Å²) in [5.74, 6) is 0.241. The van der Waals surface area contributed by atoms with Crippen LogP contribution < -0.4 is 9.46 Å². The maximum absolute atomic E-state index is 13.8. The highest BCUT2D eigenvalue weighted by molar-refractivity contribution is 8.25. The molecule has 0 bridgehead atoms. The maximum atomic E-state index is 13.8. The normalized spacial score (nSPS) is 20.6. The molecule has 0 unspecified atom stereocenters. The summed E-state index contributed by atoms with van der Waals surface area (Å²) in [6, 6.07) is 11.3. The van der Waals surface area contributed by atoms with Crippen LogP contribution in [0, 0.1) is 5.82 Å². The molecule has 39 heavy (non-hydrogen) atoms. The van der Waals surface area contributed by atoms with E-state index in [2.05, 4.69) is 19.0 Å². The molecule has 0 radical (unpaired) electrons. The summed E-state index contributed by atoms with van der Waals surface area (Å²) in [4.78, 5) is 21.2. The van der Waals surface area contributed by atoms with Gasteiger partial charge < -0.3 is 14.4 Å². The van der Waals surface area contributed by atoms with Gasteiger partial charge in [-0.1, -0.05) is 29.0 Å². The highest BCUT2D eigenvalue weighted by atomic mass is 32.3. The summed E-state index contributed by atoms with van der Waals surface area (Å²) >= 11 is 1.03. The third-order valence-electron chi connectivity index (χ3n) is 6.64. The number of benzene rings is 2. The molecule has 10 nitrogen and oxygen atoms in total. The molecule has 212 valence electrons. The van der Waals surface area contributed by atoms with Crippen LogP contribution in [0.1, 0.15) is 51.8 Å². The first kappa shape index (κ1) is 27.6. The van der Waals surface area contributed by atoms with Gasteiger partial charge in [0.1, 0.15) is 23.5 Å². The summed E-state index contributed by atoms with van der Waals surface area (Å²) in [5.41, 5.74) is 1.19. The number of rotatable bonds is 5. The van der Waals surface area contributed by atoms with Gasteiger partial charge in [0.05, 0.1) is 17.5 Å². The van der Waals surface area contributed by atoms with Crippen LogP contribution in [-0.4, -0.2) is 66.2 Å². The molecule has 1 fully saturated rings. The summed E-state index contributed by atoms with van der Waals surface area (Å²) in [5, 5.41) is 0.302. The number of carbonyl (C=O) groups excluding carboxylic acids is 1. The van der Waals surface area contributed by atoms with Crippen molar-refractivity contribution in [3.63, 3.8) is 0 Å². The van der Waals surface area contributed by atoms with Crippen molar-refractivity contribution >= 4 is 33.5 Å². The van der Waals surface area contributed by atoms with Crippen molar-refractivity contribution in [3.8, 4) is 5.75 Å². The van der Waals surface area contributed by atoms with E-state index in [1.165, 1.54) is 18.5 Å². The fourth-order valence-electron chi connectivity index (χ4n) is 4.92. The largest absolute Gasteiger partial charge is 0.493 e. The van der Waals surface area contributed by atoms with E-state index in [0.717, 1.165) is 22.7 Å². The van der Waals surface area contributed by atoms with E-state index in [1.54, 1.807) is 29.2 Å². The summed E-state index contributed by atoms with van der Waals surface area (Å²) in [6.45, 7) is 7.38. The Labute approximate surface area is 233 Å². The molecule has 2 atom stereocenters. The van der Waals surface area contributed by atoms with Gasteiger partial charge in [0, 0.05) is 56.7 Å². The lowest BCUT2D eigenvalue weighted by molar-refractivity contribution is -0.0104. The molecule has 1 amide bonds. The molecular formula is C26H34FN5O5S2. The van der Waals surface area contributed by atoms with E-state index in [9.17, 15) is 18.3 Å². The molecule has 1 aromatic heterocycles. The number of amides is 1. The molecule has 2 aromatic carbocycles. The zero-order chi connectivity index (χ0) is 27.8. The van der Waals surface area contributed by atoms with E-state index in [-0.39, 0.29) is 30.3 Å². The molecule has 0 spiro atoms. The minimum Gasteiger partial charge on any atom is -0.493 e. The van der Waals surface area contributed by atoms with Crippen LogP contribution in [0.3, 0.4) is 0 Å². The minimum atomic E-state index is -3.38. The Morgan fingerprint density at radius 3 is 2.67 bits per heavy atom. The Hall–Kier alpha value is -2.97. The number of piperazine rings is 1. The third-order valence-corrected chi connectivity index (χ3v) is 8.74. The number of nitrogens with zero attached hydrogens (tertiary/aromatic N) is 4. The van der Waals surface area contributed by atoms with Gasteiger partial charge in [-0.2, -0.15) is 4.37 Å². The summed E-state index contributed by atoms with van der Waals surface area (Å²) in [6.07, 6.45) is 1.67. The lowest BCUT2D eigenvalue weighted by atomic mass is 9.93. The Kier molecular flexibility index (Phi) is 7.71. The second kappa shape index (κ2) is 10.9. The first-order valence-corrected chi connectivity index (χ1v) is 14.9. The van der Waals surface area contributed by atoms with E-state index >= 15 is 0 Å². The van der Waals surface area contributed by atoms with Gasteiger partial charge in [0.25, 0.3) is 0 Å². The molecule has 1 saturated heterocycles. The highest BCUT2D eigenvalue weighted by Gasteiger charge is 2.39. The molecule has 3 aromatic rings. The van der Waals surface area contributed by atoms with Crippen molar-refractivity contribution in [2.24, 2.45) is 0 Å². The first-order valence-electron chi connectivity index (χ1n) is 12.6. The molecule has 2 aliphatic rings. The smallest absolute Gasteiger partial charge is 0.410 e. The fraction of sp³-hybridized carbons (Fsp3) is 0.423. The van der Waals surface area contributed by atoms with Crippen molar-refractivity contribution in [2.45, 2.75) is 49.8 Å². The van der Waals surface area contributed by atoms with Crippen molar-refractivity contribution in [2.75, 3.05) is 31.0 Å². The number of halogens is 1. The van der Waals surface area contributed by atoms with Gasteiger partial charge in [-0.15, -0.1) is 0 Å². The Balaban J connectivity index is 0.00000370. The van der Waals surface area contributed by atoms with Crippen molar-refractivity contribution in [1.29, 1.82) is 0 Å². The second-order valence-corrected chi connectivity index (χ2v) is 13.0. The van der Waals surface area contributed by atoms with E-state index in [1.807, 2.05) is 26.8 Å². The van der Waals surface area contributed by atoms with Gasteiger partial charge in [0.15, 0.2) is 0 Å². The predicted octanol–water partition coefficient (Wildman–Crippen LogP) is 6.18. The molecule has 5 rings (SSSR count). The van der Waals surface area contributed by atoms with Crippen LogP contribution >= 0.6 is 22.3 Å². The van der Waals surface area contributed by atoms with Gasteiger partial charge in [-0.25, -0.2) is 14.2 Å². The number of ether oxygens (including phenoxy) is 2. The lowest BCUT2D eigenvalue weighted by Crippen LogP contribution is -2.52. The van der Waals surface area contributed by atoms with Crippen LogP contribution in [-0.2, 0) is 4.74 Å². The molecular weight excluding hydrogens is 545 g/mol. The summed E-state index contributed by atoms with van der Waals surface area (Å²) in [7, 11) is -3.38. The van der Waals surface area contributed by atoms with Crippen LogP contribution in [0.4, 0.5) is 14.3 Å². The van der Waals surface area contributed by atoms with Crippen molar-refractivity contribution in [1.82, 2.24) is 19.2 Å². The molecule has 3 heterocycles. The zero-order valence-electron chi connectivity index (χ0n) is 21.9. The molecule has 2 aliphatic heterocycles. The predicted molar refractivity (Wildman–Crippen MR) is 150 cm³/mol. The maximum Gasteiger partial charge on any atom is 0.410 e. The molecule has 3 N–H and O–H groups in total. The number of hydrogen-bond acceptors (Lipinski definition) is 10. The van der Waals surface area contributed by atoms with Gasteiger partial charge in [-0.3, -0.25) is 18.7 Å². The zero-order valence-corrected chi connectivity index (χ0v) is 23.5.